The van der Waals surface area contributed by atoms with Gasteiger partial charge in [0.05, 0.1) is 44.8 Å². The second kappa shape index (κ2) is 11.1. The molecular weight excluding hydrogens is 450 g/mol. The van der Waals surface area contributed by atoms with Gasteiger partial charge in [-0.3, -0.25) is 19.7 Å². The summed E-state index contributed by atoms with van der Waals surface area (Å²) in [5.74, 6) is -1.56. The smallest absolute Gasteiger partial charge is 0.295 e. The van der Waals surface area contributed by atoms with E-state index in [1.807, 2.05) is 21.0 Å². The van der Waals surface area contributed by atoms with Crippen LogP contribution in [0.3, 0.4) is 0 Å². The number of benzene rings is 2. The number of Topliss-reactive ketones (excluding diaryl/α,β-unsaturated/α-hetero) is 1. The highest BCUT2D eigenvalue weighted by Gasteiger charge is 2.44. The number of hydrogen-bond donors (Lipinski definition) is 1. The van der Waals surface area contributed by atoms with Gasteiger partial charge in [-0.15, -0.1) is 0 Å². The number of non-ortho nitro benzene ring substituents is 1. The normalized spacial score (nSPS) is 17.3. The van der Waals surface area contributed by atoms with E-state index in [9.17, 15) is 24.8 Å². The lowest BCUT2D eigenvalue weighted by Gasteiger charge is -2.27. The van der Waals surface area contributed by atoms with Crippen LogP contribution in [0.1, 0.15) is 42.5 Å². The maximum atomic E-state index is 13.6. The van der Waals surface area contributed by atoms with Gasteiger partial charge in [0, 0.05) is 17.7 Å². The Bertz CT molecular complexity index is 1160. The van der Waals surface area contributed by atoms with Crippen molar-refractivity contribution in [2.75, 3.05) is 33.8 Å². The summed E-state index contributed by atoms with van der Waals surface area (Å²) in [5.41, 5.74) is 0.986. The molecule has 1 aliphatic heterocycles. The third kappa shape index (κ3) is 5.68. The maximum Gasteiger partial charge on any atom is 0.295 e. The van der Waals surface area contributed by atoms with Crippen molar-refractivity contribution in [1.82, 2.24) is 4.90 Å². The summed E-state index contributed by atoms with van der Waals surface area (Å²) >= 11 is 0. The molecule has 0 bridgehead atoms. The Hall–Kier alpha value is -3.72. The lowest BCUT2D eigenvalue weighted by molar-refractivity contribution is -0.857. The quantitative estimate of drug-likeness (QED) is 0.137. The van der Waals surface area contributed by atoms with Crippen molar-refractivity contribution < 1.29 is 29.3 Å². The van der Waals surface area contributed by atoms with Gasteiger partial charge in [0.2, 0.25) is 5.78 Å². The molecule has 0 radical (unpaired) electrons. The number of aryl methyl sites for hydroxylation is 1. The first-order valence-electron chi connectivity index (χ1n) is 11.7. The van der Waals surface area contributed by atoms with E-state index in [0.717, 1.165) is 23.3 Å². The number of ether oxygens (including phenoxy) is 1. The molecule has 0 saturated carbocycles. The second-order valence-corrected chi connectivity index (χ2v) is 8.96. The van der Waals surface area contributed by atoms with E-state index in [4.69, 9.17) is 4.74 Å². The summed E-state index contributed by atoms with van der Waals surface area (Å²) in [5, 5.41) is 25.0. The Morgan fingerprint density at radius 3 is 2.54 bits per heavy atom. The van der Waals surface area contributed by atoms with Crippen LogP contribution in [0.5, 0.6) is 5.75 Å². The van der Waals surface area contributed by atoms with Crippen LogP contribution < -0.4 is 14.7 Å². The Morgan fingerprint density at radius 2 is 1.91 bits per heavy atom. The van der Waals surface area contributed by atoms with Crippen LogP contribution in [0.4, 0.5) is 5.69 Å². The van der Waals surface area contributed by atoms with Gasteiger partial charge in [0.1, 0.15) is 5.75 Å². The Morgan fingerprint density at radius 1 is 1.17 bits per heavy atom. The number of amides is 1. The van der Waals surface area contributed by atoms with Crippen molar-refractivity contribution in [1.29, 1.82) is 0 Å². The highest BCUT2D eigenvalue weighted by molar-refractivity contribution is 6.46. The number of likely N-dealkylation sites (tertiary alicyclic amines) is 1. The van der Waals surface area contributed by atoms with E-state index < -0.39 is 28.4 Å². The lowest BCUT2D eigenvalue weighted by atomic mass is 9.94. The van der Waals surface area contributed by atoms with E-state index in [1.165, 1.54) is 23.1 Å². The predicted octanol–water partition coefficient (Wildman–Crippen LogP) is 1.45. The Kier molecular flexibility index (Phi) is 8.24. The highest BCUT2D eigenvalue weighted by atomic mass is 16.6. The molecule has 1 N–H and O–H groups in total. The van der Waals surface area contributed by atoms with Crippen LogP contribution in [0.15, 0.2) is 48.0 Å². The number of carbonyl (C=O) groups excluding carboxylic acids is 2. The molecule has 3 rings (SSSR count). The van der Waals surface area contributed by atoms with Crippen molar-refractivity contribution in [3.63, 3.8) is 0 Å². The number of rotatable bonds is 10. The van der Waals surface area contributed by atoms with Gasteiger partial charge in [-0.1, -0.05) is 37.3 Å². The highest BCUT2D eigenvalue weighted by Crippen LogP contribution is 2.39. The van der Waals surface area contributed by atoms with E-state index >= 15 is 0 Å². The number of nitrogens with zero attached hydrogens (tertiary/aromatic N) is 2. The van der Waals surface area contributed by atoms with Crippen LogP contribution >= 0.6 is 0 Å². The first-order chi connectivity index (χ1) is 16.6. The van der Waals surface area contributed by atoms with Gasteiger partial charge in [-0.25, -0.2) is 0 Å². The number of quaternary nitrogens is 1. The average molecular weight is 482 g/mol. The molecule has 35 heavy (non-hydrogen) atoms. The van der Waals surface area contributed by atoms with Crippen LogP contribution in [-0.2, 0) is 9.59 Å². The summed E-state index contributed by atoms with van der Waals surface area (Å²) in [6.45, 7) is 5.20. The SMILES string of the molecule is CCCCOc1ccc(C([O-])=C2C(=O)C(=O)N(CC[NH+](C)C)C2c2cccc([N+](=O)[O-])c2)cc1C. The molecule has 1 saturated heterocycles. The average Bonchev–Trinajstić information content (AvgIpc) is 3.08. The third-order valence-corrected chi connectivity index (χ3v) is 5.97. The summed E-state index contributed by atoms with van der Waals surface area (Å²) < 4.78 is 5.76. The molecule has 1 heterocycles. The van der Waals surface area contributed by atoms with Gasteiger partial charge in [0.25, 0.3) is 11.6 Å². The van der Waals surface area contributed by atoms with Crippen LogP contribution in [0, 0.1) is 17.0 Å². The van der Waals surface area contributed by atoms with E-state index in [2.05, 4.69) is 6.92 Å². The minimum Gasteiger partial charge on any atom is -0.872 e. The minimum atomic E-state index is -0.998. The number of likely N-dealkylation sites (N-methyl/N-ethyl adjacent to an activating group) is 1. The molecule has 1 atom stereocenters. The fourth-order valence-corrected chi connectivity index (χ4v) is 4.03. The molecule has 1 aliphatic rings. The maximum absolute atomic E-state index is 13.6. The van der Waals surface area contributed by atoms with Gasteiger partial charge >= 0.3 is 0 Å². The standard InChI is InChI=1S/C26H31N3O6/c1-5-6-14-35-21-11-10-19(15-17(21)2)24(30)22-23(18-8-7-9-20(16-18)29(33)34)28(13-12-27(3)4)26(32)25(22)31/h7-11,15-16,23,30H,5-6,12-14H2,1-4H3. The lowest BCUT2D eigenvalue weighted by Crippen LogP contribution is -3.06. The Labute approximate surface area is 204 Å². The summed E-state index contributed by atoms with van der Waals surface area (Å²) in [4.78, 5) is 39.3. The topological polar surface area (TPSA) is 117 Å². The largest absolute Gasteiger partial charge is 0.872 e. The fraction of sp³-hybridized carbons (Fsp3) is 0.385. The Balaban J connectivity index is 2.10. The molecule has 1 unspecified atom stereocenters. The molecule has 1 amide bonds. The molecule has 9 nitrogen and oxygen atoms in total. The third-order valence-electron chi connectivity index (χ3n) is 5.97. The first kappa shape index (κ1) is 25.9. The van der Waals surface area contributed by atoms with Crippen LogP contribution in [0.2, 0.25) is 0 Å². The zero-order valence-corrected chi connectivity index (χ0v) is 20.5. The van der Waals surface area contributed by atoms with Gasteiger partial charge in [-0.05, 0) is 42.2 Å². The van der Waals surface area contributed by atoms with Gasteiger partial charge in [0.15, 0.2) is 0 Å². The van der Waals surface area contributed by atoms with Crippen LogP contribution in [0.25, 0.3) is 5.76 Å². The zero-order valence-electron chi connectivity index (χ0n) is 20.5. The van der Waals surface area contributed by atoms with Gasteiger partial charge < -0.3 is 19.6 Å². The van der Waals surface area contributed by atoms with E-state index in [0.29, 0.717) is 24.5 Å². The number of ketones is 1. The first-order valence-corrected chi connectivity index (χ1v) is 11.7. The van der Waals surface area contributed by atoms with Crippen LogP contribution in [-0.4, -0.2) is 55.3 Å². The summed E-state index contributed by atoms with van der Waals surface area (Å²) in [6, 6.07) is 9.66. The molecule has 186 valence electrons. The number of unbranched alkanes of at least 4 members (excludes halogenated alkanes) is 1. The predicted molar refractivity (Wildman–Crippen MR) is 129 cm³/mol. The number of hydrogen-bond acceptors (Lipinski definition) is 6. The molecule has 0 spiro atoms. The minimum absolute atomic E-state index is 0.177. The second-order valence-electron chi connectivity index (χ2n) is 8.96. The fourth-order valence-electron chi connectivity index (χ4n) is 4.03. The summed E-state index contributed by atoms with van der Waals surface area (Å²) in [7, 11) is 3.82. The monoisotopic (exact) mass is 481 g/mol. The van der Waals surface area contributed by atoms with Crippen molar-refractivity contribution in [2.24, 2.45) is 0 Å². The molecule has 0 aliphatic carbocycles. The number of nitrogens with one attached hydrogen (secondary N) is 1. The number of carbonyl (C=O) groups is 2. The van der Waals surface area contributed by atoms with Crippen molar-refractivity contribution in [3.05, 3.63) is 74.8 Å². The molecular formula is C26H31N3O6. The molecule has 2 aromatic carbocycles. The number of nitro groups is 1. The van der Waals surface area contributed by atoms with Crippen molar-refractivity contribution >= 4 is 23.1 Å². The molecule has 1 fully saturated rings. The van der Waals surface area contributed by atoms with Crippen molar-refractivity contribution in [2.45, 2.75) is 32.7 Å². The molecule has 9 heteroatoms. The molecule has 2 aromatic rings. The van der Waals surface area contributed by atoms with E-state index in [1.54, 1.807) is 24.3 Å². The van der Waals surface area contributed by atoms with Gasteiger partial charge in [-0.2, -0.15) is 0 Å². The summed E-state index contributed by atoms with van der Waals surface area (Å²) in [6.07, 6.45) is 1.90. The van der Waals surface area contributed by atoms with Crippen molar-refractivity contribution in [3.8, 4) is 5.75 Å². The molecule has 0 aromatic heterocycles. The number of nitro benzene ring substituents is 1. The zero-order chi connectivity index (χ0) is 25.7. The van der Waals surface area contributed by atoms with E-state index in [-0.39, 0.29) is 23.4 Å².